The van der Waals surface area contributed by atoms with Gasteiger partial charge in [0.1, 0.15) is 15.6 Å². The molecule has 0 atom stereocenters. The van der Waals surface area contributed by atoms with E-state index in [0.717, 1.165) is 21.9 Å². The summed E-state index contributed by atoms with van der Waals surface area (Å²) in [4.78, 5) is 17.8. The molecule has 5 nitrogen and oxygen atoms in total. The van der Waals surface area contributed by atoms with Crippen LogP contribution in [0.2, 0.25) is 5.02 Å². The number of carbonyl (C=O) groups excluding carboxylic acids is 1. The number of methoxy groups -OCH3 is 1. The van der Waals surface area contributed by atoms with Gasteiger partial charge in [0, 0.05) is 24.2 Å². The maximum absolute atomic E-state index is 12.6. The van der Waals surface area contributed by atoms with Gasteiger partial charge in [0.15, 0.2) is 0 Å². The predicted octanol–water partition coefficient (Wildman–Crippen LogP) is 4.56. The van der Waals surface area contributed by atoms with Crippen molar-refractivity contribution in [2.75, 3.05) is 14.2 Å². The number of benzene rings is 2. The smallest absolute Gasteiger partial charge is 0.277 e. The van der Waals surface area contributed by atoms with Crippen LogP contribution in [0.3, 0.4) is 0 Å². The lowest BCUT2D eigenvalue weighted by Gasteiger charge is -2.17. The van der Waals surface area contributed by atoms with Crippen molar-refractivity contribution >= 4 is 28.8 Å². The van der Waals surface area contributed by atoms with E-state index < -0.39 is 0 Å². The molecular weight excluding hydrogens is 382 g/mol. The molecule has 0 fully saturated rings. The molecule has 0 aliphatic carbocycles. The van der Waals surface area contributed by atoms with E-state index in [1.165, 1.54) is 11.3 Å². The van der Waals surface area contributed by atoms with Crippen LogP contribution >= 0.6 is 22.9 Å². The fraction of sp³-hybridized carbons (Fsp3) is 0.200. The minimum absolute atomic E-state index is 0.166. The van der Waals surface area contributed by atoms with Gasteiger partial charge in [-0.15, -0.1) is 11.3 Å². The molecule has 0 aliphatic heterocycles. The minimum atomic E-state index is -0.166. The second-order valence-electron chi connectivity index (χ2n) is 6.09. The summed E-state index contributed by atoms with van der Waals surface area (Å²) in [6.45, 7) is 2.42. The van der Waals surface area contributed by atoms with Crippen molar-refractivity contribution in [3.63, 3.8) is 0 Å². The number of aryl methyl sites for hydroxylation is 1. The average Bonchev–Trinajstić information content (AvgIpc) is 3.04. The van der Waals surface area contributed by atoms with Crippen LogP contribution in [0.4, 0.5) is 0 Å². The first-order valence-electron chi connectivity index (χ1n) is 8.34. The highest BCUT2D eigenvalue weighted by Gasteiger charge is 2.17. The van der Waals surface area contributed by atoms with Crippen molar-refractivity contribution in [2.24, 2.45) is 0 Å². The second-order valence-corrected chi connectivity index (χ2v) is 7.52. The van der Waals surface area contributed by atoms with E-state index in [1.54, 1.807) is 12.1 Å². The molecule has 0 saturated carbocycles. The standard InChI is InChI=1S/C20H20ClN3O2S/c1-13-18(27-20(22-13)15-6-8-16(21)9-7-15)19(25)23-24(2)12-14-4-10-17(26-3)11-5-14/h4-11H,12H2,1-3H3,(H,23,25). The fourth-order valence-electron chi connectivity index (χ4n) is 2.59. The van der Waals surface area contributed by atoms with Crippen molar-refractivity contribution in [1.82, 2.24) is 15.4 Å². The highest BCUT2D eigenvalue weighted by atomic mass is 35.5. The molecule has 3 aromatic rings. The van der Waals surface area contributed by atoms with Crippen LogP contribution in [0.5, 0.6) is 5.75 Å². The number of carbonyl (C=O) groups is 1. The molecule has 1 amide bonds. The van der Waals surface area contributed by atoms with Gasteiger partial charge in [-0.05, 0) is 36.8 Å². The number of amides is 1. The number of hydrogen-bond donors (Lipinski definition) is 1. The SMILES string of the molecule is COc1ccc(CN(C)NC(=O)c2sc(-c3ccc(Cl)cc3)nc2C)cc1. The Bertz CT molecular complexity index is 923. The molecule has 0 bridgehead atoms. The Morgan fingerprint density at radius 2 is 1.85 bits per heavy atom. The summed E-state index contributed by atoms with van der Waals surface area (Å²) in [5, 5.41) is 3.22. The van der Waals surface area contributed by atoms with E-state index in [9.17, 15) is 4.79 Å². The number of hydrazine groups is 1. The van der Waals surface area contributed by atoms with Crippen LogP contribution in [0.15, 0.2) is 48.5 Å². The van der Waals surface area contributed by atoms with E-state index in [0.29, 0.717) is 22.1 Å². The van der Waals surface area contributed by atoms with Crippen molar-refractivity contribution < 1.29 is 9.53 Å². The van der Waals surface area contributed by atoms with Gasteiger partial charge < -0.3 is 4.74 Å². The van der Waals surface area contributed by atoms with E-state index in [2.05, 4.69) is 10.4 Å². The zero-order valence-electron chi connectivity index (χ0n) is 15.3. The average molecular weight is 402 g/mol. The molecule has 0 radical (unpaired) electrons. The topological polar surface area (TPSA) is 54.5 Å². The molecule has 0 aliphatic rings. The van der Waals surface area contributed by atoms with Crippen molar-refractivity contribution in [2.45, 2.75) is 13.5 Å². The van der Waals surface area contributed by atoms with Crippen molar-refractivity contribution in [3.05, 3.63) is 69.7 Å². The summed E-state index contributed by atoms with van der Waals surface area (Å²) in [6, 6.07) is 15.2. The third-order valence-electron chi connectivity index (χ3n) is 3.97. The summed E-state index contributed by atoms with van der Waals surface area (Å²) in [5.41, 5.74) is 5.62. The molecule has 27 heavy (non-hydrogen) atoms. The Labute approximate surface area is 167 Å². The molecule has 140 valence electrons. The largest absolute Gasteiger partial charge is 0.497 e. The second kappa shape index (κ2) is 8.52. The monoisotopic (exact) mass is 401 g/mol. The predicted molar refractivity (Wildman–Crippen MR) is 109 cm³/mol. The number of ether oxygens (including phenoxy) is 1. The van der Waals surface area contributed by atoms with E-state index in [4.69, 9.17) is 16.3 Å². The Morgan fingerprint density at radius 1 is 1.19 bits per heavy atom. The molecule has 0 spiro atoms. The van der Waals surface area contributed by atoms with Crippen LogP contribution in [0.25, 0.3) is 10.6 Å². The summed E-state index contributed by atoms with van der Waals surface area (Å²) < 4.78 is 5.16. The Hall–Kier alpha value is -2.41. The van der Waals surface area contributed by atoms with Crippen LogP contribution in [-0.4, -0.2) is 30.1 Å². The van der Waals surface area contributed by atoms with Crippen LogP contribution in [0.1, 0.15) is 20.9 Å². The summed E-state index contributed by atoms with van der Waals surface area (Å²) in [6.07, 6.45) is 0. The Kier molecular flexibility index (Phi) is 6.11. The van der Waals surface area contributed by atoms with Crippen molar-refractivity contribution in [1.29, 1.82) is 0 Å². The molecule has 1 aromatic heterocycles. The zero-order valence-corrected chi connectivity index (χ0v) is 16.9. The van der Waals surface area contributed by atoms with Gasteiger partial charge in [0.25, 0.3) is 5.91 Å². The normalized spacial score (nSPS) is 10.9. The van der Waals surface area contributed by atoms with Crippen LogP contribution in [0, 0.1) is 6.92 Å². The highest BCUT2D eigenvalue weighted by molar-refractivity contribution is 7.17. The number of thiazole rings is 1. The molecular formula is C20H20ClN3O2S. The molecule has 3 rings (SSSR count). The molecule has 0 saturated heterocycles. The number of halogens is 1. The first kappa shape index (κ1) is 19.4. The van der Waals surface area contributed by atoms with Gasteiger partial charge in [0.05, 0.1) is 12.8 Å². The van der Waals surface area contributed by atoms with Crippen LogP contribution in [-0.2, 0) is 6.54 Å². The lowest BCUT2D eigenvalue weighted by molar-refractivity contribution is 0.0823. The zero-order chi connectivity index (χ0) is 19.4. The van der Waals surface area contributed by atoms with E-state index in [1.807, 2.05) is 62.5 Å². The highest BCUT2D eigenvalue weighted by Crippen LogP contribution is 2.28. The number of hydrogen-bond acceptors (Lipinski definition) is 5. The maximum Gasteiger partial charge on any atom is 0.277 e. The van der Waals surface area contributed by atoms with Gasteiger partial charge in [-0.25, -0.2) is 9.99 Å². The first-order valence-corrected chi connectivity index (χ1v) is 9.54. The summed E-state index contributed by atoms with van der Waals surface area (Å²) in [5.74, 6) is 0.640. The fourth-order valence-corrected chi connectivity index (χ4v) is 3.68. The lowest BCUT2D eigenvalue weighted by Crippen LogP contribution is -2.38. The molecule has 1 N–H and O–H groups in total. The summed E-state index contributed by atoms with van der Waals surface area (Å²) in [7, 11) is 3.47. The van der Waals surface area contributed by atoms with Crippen LogP contribution < -0.4 is 10.2 Å². The molecule has 1 heterocycles. The van der Waals surface area contributed by atoms with E-state index >= 15 is 0 Å². The number of rotatable bonds is 6. The minimum Gasteiger partial charge on any atom is -0.497 e. The third kappa shape index (κ3) is 4.86. The van der Waals surface area contributed by atoms with Gasteiger partial charge >= 0.3 is 0 Å². The van der Waals surface area contributed by atoms with Gasteiger partial charge in [-0.3, -0.25) is 10.2 Å². The molecule has 2 aromatic carbocycles. The van der Waals surface area contributed by atoms with Crippen molar-refractivity contribution in [3.8, 4) is 16.3 Å². The molecule has 7 heteroatoms. The number of aromatic nitrogens is 1. The first-order chi connectivity index (χ1) is 13.0. The quantitative estimate of drug-likeness (QED) is 0.615. The summed E-state index contributed by atoms with van der Waals surface area (Å²) >= 11 is 7.30. The van der Waals surface area contributed by atoms with Gasteiger partial charge in [-0.2, -0.15) is 0 Å². The Morgan fingerprint density at radius 3 is 2.48 bits per heavy atom. The molecule has 0 unspecified atom stereocenters. The Balaban J connectivity index is 1.67. The number of nitrogens with one attached hydrogen (secondary N) is 1. The van der Waals surface area contributed by atoms with Gasteiger partial charge in [0.2, 0.25) is 0 Å². The van der Waals surface area contributed by atoms with Gasteiger partial charge in [-0.1, -0.05) is 35.9 Å². The number of nitrogens with zero attached hydrogens (tertiary/aromatic N) is 2. The maximum atomic E-state index is 12.6. The lowest BCUT2D eigenvalue weighted by atomic mass is 10.2. The third-order valence-corrected chi connectivity index (χ3v) is 5.42. The van der Waals surface area contributed by atoms with E-state index in [-0.39, 0.29) is 5.91 Å².